The number of nitrogens with zero attached hydrogens (tertiary/aromatic N) is 1. The molecule has 21 heavy (non-hydrogen) atoms. The first-order valence-electron chi connectivity index (χ1n) is 5.93. The third-order valence-corrected chi connectivity index (χ3v) is 2.14. The van der Waals surface area contributed by atoms with Crippen LogP contribution in [0.5, 0.6) is 5.75 Å². The molecule has 0 bridgehead atoms. The molecule has 1 rings (SSSR count). The minimum absolute atomic E-state index is 0. The van der Waals surface area contributed by atoms with E-state index in [0.717, 1.165) is 6.92 Å². The molecule has 0 heterocycles. The fourth-order valence-corrected chi connectivity index (χ4v) is 1.31. The van der Waals surface area contributed by atoms with Gasteiger partial charge in [-0.05, 0) is 24.6 Å². The fraction of sp³-hybridized carbons (Fsp3) is 0.385. The van der Waals surface area contributed by atoms with Crippen molar-refractivity contribution < 1.29 is 37.2 Å². The number of hydrogen-bond acceptors (Lipinski definition) is 6. The van der Waals surface area contributed by atoms with Crippen LogP contribution in [0.25, 0.3) is 0 Å². The zero-order valence-corrected chi connectivity index (χ0v) is 13.1. The Morgan fingerprint density at radius 1 is 1.48 bits per heavy atom. The molecular formula is C13H17ClCuN2O4. The fourth-order valence-electron chi connectivity index (χ4n) is 1.13. The Bertz CT molecular complexity index is 440. The first kappa shape index (κ1) is 22.2. The number of carboxylic acid groups (broad SMARTS) is 1. The number of aliphatic hydroxyl groups excluding tert-OH is 1. The molecule has 1 radical (unpaired) electrons. The van der Waals surface area contributed by atoms with Crippen LogP contribution in [0.3, 0.4) is 0 Å². The van der Waals surface area contributed by atoms with Crippen molar-refractivity contribution in [3.63, 3.8) is 0 Å². The number of aliphatic hydroxyl groups is 1. The van der Waals surface area contributed by atoms with Crippen LogP contribution in [0.15, 0.2) is 23.2 Å². The maximum atomic E-state index is 11.3. The SMILES string of the molecule is CC(=O)[O-].[Cu+2].[O-]c1ccc(Cl)cc1C=NCCNCCO. The number of halogens is 1. The van der Waals surface area contributed by atoms with E-state index in [0.29, 0.717) is 30.2 Å². The van der Waals surface area contributed by atoms with Gasteiger partial charge in [0.15, 0.2) is 0 Å². The minimum Gasteiger partial charge on any atom is -0.872 e. The maximum absolute atomic E-state index is 11.3. The summed E-state index contributed by atoms with van der Waals surface area (Å²) in [5.41, 5.74) is 0.495. The molecule has 0 aliphatic rings. The second kappa shape index (κ2) is 13.9. The average Bonchev–Trinajstić information content (AvgIpc) is 2.37. The predicted molar refractivity (Wildman–Crippen MR) is 74.0 cm³/mol. The molecule has 1 aromatic rings. The van der Waals surface area contributed by atoms with Crippen molar-refractivity contribution in [3.05, 3.63) is 28.8 Å². The Kier molecular flexibility index (Phi) is 14.6. The Balaban J connectivity index is 0. The zero-order chi connectivity index (χ0) is 15.4. The first-order valence-corrected chi connectivity index (χ1v) is 6.30. The van der Waals surface area contributed by atoms with Crippen molar-refractivity contribution in [2.75, 3.05) is 26.2 Å². The van der Waals surface area contributed by atoms with Crippen molar-refractivity contribution in [1.29, 1.82) is 0 Å². The molecule has 1 aromatic carbocycles. The maximum Gasteiger partial charge on any atom is 2.00 e. The van der Waals surface area contributed by atoms with E-state index in [9.17, 15) is 5.11 Å². The average molecular weight is 364 g/mol. The van der Waals surface area contributed by atoms with Crippen LogP contribution in [0.1, 0.15) is 12.5 Å². The van der Waals surface area contributed by atoms with Crippen LogP contribution in [0.4, 0.5) is 0 Å². The molecule has 6 nitrogen and oxygen atoms in total. The predicted octanol–water partition coefficient (Wildman–Crippen LogP) is -0.832. The number of rotatable bonds is 6. The van der Waals surface area contributed by atoms with Gasteiger partial charge in [-0.1, -0.05) is 23.4 Å². The molecular weight excluding hydrogens is 347 g/mol. The molecule has 121 valence electrons. The minimum atomic E-state index is -1.08. The first-order chi connectivity index (χ1) is 9.47. The second-order valence-electron chi connectivity index (χ2n) is 3.68. The van der Waals surface area contributed by atoms with E-state index < -0.39 is 5.97 Å². The molecule has 0 aliphatic heterocycles. The molecule has 0 unspecified atom stereocenters. The van der Waals surface area contributed by atoms with E-state index in [1.165, 1.54) is 12.3 Å². The van der Waals surface area contributed by atoms with Gasteiger partial charge in [0.05, 0.1) is 13.2 Å². The van der Waals surface area contributed by atoms with Gasteiger partial charge < -0.3 is 25.4 Å². The zero-order valence-electron chi connectivity index (χ0n) is 11.4. The van der Waals surface area contributed by atoms with E-state index in [-0.39, 0.29) is 29.4 Å². The third kappa shape index (κ3) is 13.6. The third-order valence-electron chi connectivity index (χ3n) is 1.91. The smallest absolute Gasteiger partial charge is 0.872 e. The Morgan fingerprint density at radius 3 is 2.67 bits per heavy atom. The van der Waals surface area contributed by atoms with Gasteiger partial charge in [0.2, 0.25) is 0 Å². The summed E-state index contributed by atoms with van der Waals surface area (Å²) in [5.74, 6) is -1.17. The topological polar surface area (TPSA) is 108 Å². The quantitative estimate of drug-likeness (QED) is 0.389. The van der Waals surface area contributed by atoms with Crippen LogP contribution in [0.2, 0.25) is 5.02 Å². The van der Waals surface area contributed by atoms with E-state index in [1.807, 2.05) is 0 Å². The molecule has 0 saturated carbocycles. The number of aliphatic imine (C=N–C) groups is 1. The summed E-state index contributed by atoms with van der Waals surface area (Å²) in [5, 5.41) is 32.2. The Morgan fingerprint density at radius 2 is 2.10 bits per heavy atom. The van der Waals surface area contributed by atoms with Crippen LogP contribution < -0.4 is 15.5 Å². The van der Waals surface area contributed by atoms with Crippen molar-refractivity contribution in [1.82, 2.24) is 5.32 Å². The summed E-state index contributed by atoms with van der Waals surface area (Å²) in [6.45, 7) is 2.87. The molecule has 0 aromatic heterocycles. The molecule has 0 fully saturated rings. The van der Waals surface area contributed by atoms with Crippen LogP contribution >= 0.6 is 11.6 Å². The molecule has 0 saturated heterocycles. The summed E-state index contributed by atoms with van der Waals surface area (Å²) in [6.07, 6.45) is 1.52. The molecule has 0 amide bonds. The van der Waals surface area contributed by atoms with E-state index in [2.05, 4.69) is 10.3 Å². The number of benzene rings is 1. The standard InChI is InChI=1S/C11H15ClN2O2.C2H4O2.Cu/c12-10-1-2-11(16)9(7-10)8-14-4-3-13-5-6-15;1-2(3)4;/h1-2,7-8,13,15-16H,3-6H2;1H3,(H,3,4);/q;;+2/p-2. The van der Waals surface area contributed by atoms with Gasteiger partial charge in [-0.25, -0.2) is 0 Å². The van der Waals surface area contributed by atoms with E-state index in [1.54, 1.807) is 12.1 Å². The second-order valence-corrected chi connectivity index (χ2v) is 4.12. The van der Waals surface area contributed by atoms with E-state index >= 15 is 0 Å². The molecule has 0 aliphatic carbocycles. The van der Waals surface area contributed by atoms with Gasteiger partial charge >= 0.3 is 17.1 Å². The van der Waals surface area contributed by atoms with Crippen LogP contribution in [0, 0.1) is 0 Å². The number of aliphatic carboxylic acids is 1. The van der Waals surface area contributed by atoms with Crippen LogP contribution in [-0.4, -0.2) is 43.5 Å². The molecule has 0 spiro atoms. The van der Waals surface area contributed by atoms with Gasteiger partial charge in [-0.2, -0.15) is 0 Å². The molecule has 0 atom stereocenters. The Labute approximate surface area is 139 Å². The van der Waals surface area contributed by atoms with Gasteiger partial charge in [0, 0.05) is 30.3 Å². The summed E-state index contributed by atoms with van der Waals surface area (Å²) in [4.78, 5) is 13.0. The van der Waals surface area contributed by atoms with Crippen molar-refractivity contribution >= 4 is 23.8 Å². The van der Waals surface area contributed by atoms with Gasteiger partial charge in [0.25, 0.3) is 0 Å². The summed E-state index contributed by atoms with van der Waals surface area (Å²) in [6, 6.07) is 4.58. The van der Waals surface area contributed by atoms with Crippen LogP contribution in [-0.2, 0) is 21.9 Å². The number of carbonyl (C=O) groups excluding carboxylic acids is 1. The van der Waals surface area contributed by atoms with E-state index in [4.69, 9.17) is 26.6 Å². The normalized spacial score (nSPS) is 9.67. The summed E-state index contributed by atoms with van der Waals surface area (Å²) >= 11 is 5.76. The summed E-state index contributed by atoms with van der Waals surface area (Å²) in [7, 11) is 0. The number of carbonyl (C=O) groups is 1. The van der Waals surface area contributed by atoms with Gasteiger partial charge in [-0.3, -0.25) is 4.99 Å². The molecule has 8 heteroatoms. The summed E-state index contributed by atoms with van der Waals surface area (Å²) < 4.78 is 0. The monoisotopic (exact) mass is 363 g/mol. The number of carboxylic acids is 1. The van der Waals surface area contributed by atoms with Crippen molar-refractivity contribution in [2.24, 2.45) is 4.99 Å². The molecule has 2 N–H and O–H groups in total. The largest absolute Gasteiger partial charge is 2.00 e. The van der Waals surface area contributed by atoms with Crippen molar-refractivity contribution in [2.45, 2.75) is 6.92 Å². The number of hydrogen-bond donors (Lipinski definition) is 2. The van der Waals surface area contributed by atoms with Gasteiger partial charge in [-0.15, -0.1) is 0 Å². The van der Waals surface area contributed by atoms with Gasteiger partial charge in [0.1, 0.15) is 0 Å². The van der Waals surface area contributed by atoms with Crippen molar-refractivity contribution in [3.8, 4) is 5.75 Å². The number of nitrogens with one attached hydrogen (secondary N) is 1. The Hall–Kier alpha value is -1.11.